The van der Waals surface area contributed by atoms with E-state index in [1.54, 1.807) is 0 Å². The van der Waals surface area contributed by atoms with E-state index in [9.17, 15) is 10.2 Å². The second kappa shape index (κ2) is 5.32. The van der Waals surface area contributed by atoms with Crippen LogP contribution in [0, 0.1) is 35.0 Å². The number of allylic oxidation sites excluding steroid dienone is 1. The van der Waals surface area contributed by atoms with Gasteiger partial charge in [-0.05, 0) is 59.2 Å². The summed E-state index contributed by atoms with van der Waals surface area (Å²) in [6.45, 7) is 15.7. The Bertz CT molecular complexity index is 583. The van der Waals surface area contributed by atoms with Crippen molar-refractivity contribution in [2.24, 2.45) is 35.0 Å². The highest BCUT2D eigenvalue weighted by Crippen LogP contribution is 2.60. The lowest BCUT2D eigenvalue weighted by molar-refractivity contribution is -0.0551. The molecule has 6 unspecified atom stereocenters. The van der Waals surface area contributed by atoms with Crippen LogP contribution in [0.25, 0.3) is 0 Å². The molecule has 0 heterocycles. The smallest absolute Gasteiger partial charge is 0.0996 e. The lowest BCUT2D eigenvalue weighted by atomic mass is 9.52. The van der Waals surface area contributed by atoms with Gasteiger partial charge in [0.2, 0.25) is 0 Å². The Kier molecular flexibility index (Phi) is 3.93. The van der Waals surface area contributed by atoms with E-state index in [0.717, 1.165) is 16.7 Å². The zero-order chi connectivity index (χ0) is 17.2. The molecule has 2 heteroatoms. The first-order valence-corrected chi connectivity index (χ1v) is 9.04. The average Bonchev–Trinajstić information content (AvgIpc) is 2.62. The van der Waals surface area contributed by atoms with E-state index in [4.69, 9.17) is 0 Å². The predicted molar refractivity (Wildman–Crippen MR) is 94.8 cm³/mol. The SMILES string of the molecule is C=C1C(C)=CC2C3C(C)CC(C)C(C)(C)C3C=C(CO)CC12O. The van der Waals surface area contributed by atoms with E-state index < -0.39 is 5.60 Å². The van der Waals surface area contributed by atoms with E-state index in [1.165, 1.54) is 6.42 Å². The quantitative estimate of drug-likeness (QED) is 0.715. The van der Waals surface area contributed by atoms with Crippen LogP contribution in [-0.2, 0) is 0 Å². The summed E-state index contributed by atoms with van der Waals surface area (Å²) >= 11 is 0. The molecular weight excluding hydrogens is 284 g/mol. The van der Waals surface area contributed by atoms with Crippen LogP contribution in [0.4, 0.5) is 0 Å². The summed E-state index contributed by atoms with van der Waals surface area (Å²) in [7, 11) is 0. The molecule has 1 saturated carbocycles. The fourth-order valence-corrected chi connectivity index (χ4v) is 5.57. The third-order valence-electron chi connectivity index (χ3n) is 7.44. The molecular formula is C21H32O2. The maximum absolute atomic E-state index is 11.5. The minimum atomic E-state index is -0.914. The molecule has 23 heavy (non-hydrogen) atoms. The summed E-state index contributed by atoms with van der Waals surface area (Å²) in [6.07, 6.45) is 6.27. The standard InChI is InChI=1S/C21H32O2/c1-12-8-18-19-13(2)7-14(3)20(5,6)17(19)9-16(11-22)10-21(18,23)15(12)4/h8-9,13-14,17-19,22-23H,4,7,10-11H2,1-3,5-6H3. The number of rotatable bonds is 1. The van der Waals surface area contributed by atoms with Gasteiger partial charge in [-0.1, -0.05) is 46.4 Å². The van der Waals surface area contributed by atoms with Gasteiger partial charge in [0.05, 0.1) is 12.2 Å². The summed E-state index contributed by atoms with van der Waals surface area (Å²) < 4.78 is 0. The van der Waals surface area contributed by atoms with Crippen LogP contribution in [0.3, 0.4) is 0 Å². The molecule has 1 fully saturated rings. The van der Waals surface area contributed by atoms with Crippen LogP contribution in [0.15, 0.2) is 35.5 Å². The lowest BCUT2D eigenvalue weighted by Gasteiger charge is -2.53. The van der Waals surface area contributed by atoms with Crippen molar-refractivity contribution in [3.63, 3.8) is 0 Å². The van der Waals surface area contributed by atoms with Crippen molar-refractivity contribution >= 4 is 0 Å². The Morgan fingerprint density at radius 3 is 2.48 bits per heavy atom. The zero-order valence-electron chi connectivity index (χ0n) is 15.3. The first-order chi connectivity index (χ1) is 10.6. The Morgan fingerprint density at radius 1 is 1.22 bits per heavy atom. The van der Waals surface area contributed by atoms with Crippen LogP contribution >= 0.6 is 0 Å². The van der Waals surface area contributed by atoms with Gasteiger partial charge in [0, 0.05) is 12.3 Å². The highest BCUT2D eigenvalue weighted by atomic mass is 16.3. The Labute approximate surface area is 141 Å². The summed E-state index contributed by atoms with van der Waals surface area (Å²) in [5, 5.41) is 21.4. The van der Waals surface area contributed by atoms with Gasteiger partial charge in [0.15, 0.2) is 0 Å². The van der Waals surface area contributed by atoms with Crippen molar-refractivity contribution < 1.29 is 10.2 Å². The number of fused-ring (bicyclic) bond motifs is 3. The molecule has 0 radical (unpaired) electrons. The third kappa shape index (κ3) is 2.29. The normalized spacial score (nSPS) is 45.7. The van der Waals surface area contributed by atoms with Gasteiger partial charge in [-0.25, -0.2) is 0 Å². The fraction of sp³-hybridized carbons (Fsp3) is 0.714. The Hall–Kier alpha value is -0.860. The van der Waals surface area contributed by atoms with E-state index in [2.05, 4.69) is 53.3 Å². The molecule has 3 aliphatic rings. The monoisotopic (exact) mass is 316 g/mol. The number of hydrogen-bond acceptors (Lipinski definition) is 2. The minimum Gasteiger partial charge on any atom is -0.392 e. The second-order valence-corrected chi connectivity index (χ2v) is 8.98. The van der Waals surface area contributed by atoms with Crippen molar-refractivity contribution in [2.75, 3.05) is 6.61 Å². The highest BCUT2D eigenvalue weighted by Gasteiger charge is 2.56. The predicted octanol–water partition coefficient (Wildman–Crippen LogP) is 4.11. The van der Waals surface area contributed by atoms with Crippen LogP contribution in [0.2, 0.25) is 0 Å². The van der Waals surface area contributed by atoms with Gasteiger partial charge >= 0.3 is 0 Å². The van der Waals surface area contributed by atoms with Crippen molar-refractivity contribution in [1.82, 2.24) is 0 Å². The fourth-order valence-electron chi connectivity index (χ4n) is 5.57. The lowest BCUT2D eigenvalue weighted by Crippen LogP contribution is -2.49. The Morgan fingerprint density at radius 2 is 1.87 bits per heavy atom. The van der Waals surface area contributed by atoms with Crippen LogP contribution < -0.4 is 0 Å². The maximum atomic E-state index is 11.5. The first kappa shape index (κ1) is 17.0. The largest absolute Gasteiger partial charge is 0.392 e. The molecule has 0 aromatic carbocycles. The van der Waals surface area contributed by atoms with Gasteiger partial charge in [-0.2, -0.15) is 0 Å². The van der Waals surface area contributed by atoms with E-state index in [-0.39, 0.29) is 17.9 Å². The van der Waals surface area contributed by atoms with Crippen molar-refractivity contribution in [2.45, 2.75) is 53.1 Å². The molecule has 0 aromatic heterocycles. The van der Waals surface area contributed by atoms with E-state index >= 15 is 0 Å². The zero-order valence-corrected chi connectivity index (χ0v) is 15.3. The van der Waals surface area contributed by atoms with Gasteiger partial charge in [0.25, 0.3) is 0 Å². The Balaban J connectivity index is 2.16. The van der Waals surface area contributed by atoms with Crippen LogP contribution in [0.1, 0.15) is 47.5 Å². The van der Waals surface area contributed by atoms with Crippen molar-refractivity contribution in [3.8, 4) is 0 Å². The molecule has 3 aliphatic carbocycles. The highest BCUT2D eigenvalue weighted by molar-refractivity contribution is 5.46. The molecule has 2 nitrogen and oxygen atoms in total. The van der Waals surface area contributed by atoms with Gasteiger partial charge in [-0.3, -0.25) is 0 Å². The van der Waals surface area contributed by atoms with Gasteiger partial charge < -0.3 is 10.2 Å². The number of hydrogen-bond donors (Lipinski definition) is 2. The molecule has 3 rings (SSSR count). The topological polar surface area (TPSA) is 40.5 Å². The van der Waals surface area contributed by atoms with Gasteiger partial charge in [0.1, 0.15) is 0 Å². The molecule has 128 valence electrons. The number of aliphatic hydroxyl groups is 2. The maximum Gasteiger partial charge on any atom is 0.0996 e. The second-order valence-electron chi connectivity index (χ2n) is 8.98. The minimum absolute atomic E-state index is 0.0312. The van der Waals surface area contributed by atoms with Gasteiger partial charge in [-0.15, -0.1) is 0 Å². The molecule has 2 N–H and O–H groups in total. The summed E-state index contributed by atoms with van der Waals surface area (Å²) in [5.74, 6) is 2.10. The molecule has 0 saturated heterocycles. The molecule has 0 spiro atoms. The molecule has 6 atom stereocenters. The summed E-state index contributed by atoms with van der Waals surface area (Å²) in [4.78, 5) is 0. The van der Waals surface area contributed by atoms with E-state index in [0.29, 0.717) is 30.1 Å². The molecule has 0 aromatic rings. The summed E-state index contributed by atoms with van der Waals surface area (Å²) in [5.41, 5.74) is 2.21. The average molecular weight is 316 g/mol. The molecule has 0 amide bonds. The van der Waals surface area contributed by atoms with Crippen LogP contribution in [0.5, 0.6) is 0 Å². The first-order valence-electron chi connectivity index (χ1n) is 9.04. The van der Waals surface area contributed by atoms with E-state index in [1.807, 2.05) is 0 Å². The molecule has 0 bridgehead atoms. The molecule has 0 aliphatic heterocycles. The van der Waals surface area contributed by atoms with Crippen LogP contribution in [-0.4, -0.2) is 22.4 Å². The van der Waals surface area contributed by atoms with Crippen molar-refractivity contribution in [1.29, 1.82) is 0 Å². The number of aliphatic hydroxyl groups excluding tert-OH is 1. The summed E-state index contributed by atoms with van der Waals surface area (Å²) in [6, 6.07) is 0. The van der Waals surface area contributed by atoms with Crippen molar-refractivity contribution in [3.05, 3.63) is 35.5 Å². The third-order valence-corrected chi connectivity index (χ3v) is 7.44.